The van der Waals surface area contributed by atoms with Gasteiger partial charge in [-0.05, 0) is 0 Å². The summed E-state index contributed by atoms with van der Waals surface area (Å²) in [6.45, 7) is 0. The maximum atomic E-state index is 7.33. The summed E-state index contributed by atoms with van der Waals surface area (Å²) < 4.78 is 0. The van der Waals surface area contributed by atoms with E-state index in [1.165, 1.54) is 0 Å². The normalized spacial score (nSPS) is 6.67. The average Bonchev–Trinajstić information content (AvgIpc) is 0.722. The third kappa shape index (κ3) is 96.2. The van der Waals surface area contributed by atoms with E-state index < -0.39 is 9.05 Å². The van der Waals surface area contributed by atoms with Gasteiger partial charge in [0.15, 0.2) is 17.4 Å². The Balaban J connectivity index is -0.0000000133. The molecule has 0 bridgehead atoms. The van der Waals surface area contributed by atoms with Crippen molar-refractivity contribution >= 4 is 64.1 Å². The molecular formula is H9AlCaFeO4SiTi. The maximum absolute atomic E-state index is 7.33. The predicted molar refractivity (Wildman–Crippen MR) is 33.1 cm³/mol. The standard InChI is InChI=1S/Al.Ca.Fe.H4O4Si.Ti.5H/c;;;1-5(2,3)4;;;;;;/h;;;1-4H;;;;;;. The molecular weight excluding hydrogens is 263 g/mol. The van der Waals surface area contributed by atoms with E-state index in [0.717, 1.165) is 0 Å². The SMILES string of the molecule is O[Si](O)(O)O.[AlH3].[CaH2].[Fe].[Ti]. The van der Waals surface area contributed by atoms with Gasteiger partial charge in [-0.2, -0.15) is 0 Å². The van der Waals surface area contributed by atoms with Crippen molar-refractivity contribution in [3.8, 4) is 0 Å². The Bertz CT molecular complexity index is 36.0. The molecule has 0 fully saturated rings. The second kappa shape index (κ2) is 13.7. The number of hydrogen-bond donors (Lipinski definition) is 4. The topological polar surface area (TPSA) is 80.9 Å². The van der Waals surface area contributed by atoms with Crippen LogP contribution in [-0.4, -0.2) is 83.3 Å². The van der Waals surface area contributed by atoms with Crippen LogP contribution in [0.3, 0.4) is 0 Å². The monoisotopic (exact) mass is 272 g/mol. The van der Waals surface area contributed by atoms with Gasteiger partial charge < -0.3 is 19.2 Å². The van der Waals surface area contributed by atoms with Gasteiger partial charge in [-0.1, -0.05) is 0 Å². The molecule has 9 heavy (non-hydrogen) atoms. The number of rotatable bonds is 0. The maximum Gasteiger partial charge on any atom is 0 e. The van der Waals surface area contributed by atoms with Crippen molar-refractivity contribution in [3.05, 3.63) is 0 Å². The van der Waals surface area contributed by atoms with Gasteiger partial charge in [0.25, 0.3) is 0 Å². The quantitative estimate of drug-likeness (QED) is 0.334. The fourth-order valence-electron chi connectivity index (χ4n) is 0. The molecule has 0 aliphatic heterocycles. The molecule has 0 saturated carbocycles. The molecule has 0 rings (SSSR count). The molecule has 0 aromatic carbocycles. The summed E-state index contributed by atoms with van der Waals surface area (Å²) in [4.78, 5) is 29.3. The molecule has 9 heteroatoms. The predicted octanol–water partition coefficient (Wildman–Crippen LogP) is -4.71. The van der Waals surface area contributed by atoms with E-state index in [-0.39, 0.29) is 93.9 Å². The zero-order chi connectivity index (χ0) is 4.50. The van der Waals surface area contributed by atoms with Crippen molar-refractivity contribution in [1.29, 1.82) is 0 Å². The van der Waals surface area contributed by atoms with Crippen LogP contribution in [0.1, 0.15) is 0 Å². The van der Waals surface area contributed by atoms with Crippen LogP contribution in [0, 0.1) is 0 Å². The first-order valence-corrected chi connectivity index (χ1v) is 2.68. The van der Waals surface area contributed by atoms with Gasteiger partial charge in [0, 0.05) is 38.8 Å². The third-order valence-corrected chi connectivity index (χ3v) is 0. The van der Waals surface area contributed by atoms with Gasteiger partial charge in [-0.3, -0.25) is 0 Å². The molecule has 4 N–H and O–H groups in total. The third-order valence-electron chi connectivity index (χ3n) is 0. The summed E-state index contributed by atoms with van der Waals surface area (Å²) >= 11 is 0. The minimum Gasteiger partial charge on any atom is 0 e. The van der Waals surface area contributed by atoms with Crippen LogP contribution in [0.15, 0.2) is 0 Å². The van der Waals surface area contributed by atoms with Crippen molar-refractivity contribution in [1.82, 2.24) is 0 Å². The summed E-state index contributed by atoms with van der Waals surface area (Å²) in [6.07, 6.45) is 0. The summed E-state index contributed by atoms with van der Waals surface area (Å²) in [7, 11) is -4.61. The summed E-state index contributed by atoms with van der Waals surface area (Å²) in [5.41, 5.74) is 0. The molecule has 0 saturated heterocycles. The van der Waals surface area contributed by atoms with Crippen LogP contribution in [0.25, 0.3) is 0 Å². The van der Waals surface area contributed by atoms with Crippen LogP contribution >= 0.6 is 0 Å². The molecule has 0 heterocycles. The van der Waals surface area contributed by atoms with E-state index in [9.17, 15) is 0 Å². The van der Waals surface area contributed by atoms with Gasteiger partial charge in [0.2, 0.25) is 0 Å². The van der Waals surface area contributed by atoms with Crippen molar-refractivity contribution in [2.75, 3.05) is 0 Å². The van der Waals surface area contributed by atoms with Gasteiger partial charge in [0.1, 0.15) is 0 Å². The Labute approximate surface area is 120 Å². The van der Waals surface area contributed by atoms with Crippen molar-refractivity contribution in [3.63, 3.8) is 0 Å². The number of hydrogen-bond acceptors (Lipinski definition) is 4. The van der Waals surface area contributed by atoms with E-state index in [0.29, 0.717) is 0 Å². The zero-order valence-electron chi connectivity index (χ0n) is 3.14. The minimum atomic E-state index is -4.61. The summed E-state index contributed by atoms with van der Waals surface area (Å²) in [5, 5.41) is 0. The molecule has 4 nitrogen and oxygen atoms in total. The van der Waals surface area contributed by atoms with Crippen molar-refractivity contribution < 1.29 is 58.0 Å². The van der Waals surface area contributed by atoms with E-state index in [2.05, 4.69) is 0 Å². The van der Waals surface area contributed by atoms with Crippen LogP contribution < -0.4 is 0 Å². The van der Waals surface area contributed by atoms with E-state index in [1.54, 1.807) is 0 Å². The smallest absolute Gasteiger partial charge is 0 e. The Hall–Kier alpha value is 3.08. The van der Waals surface area contributed by atoms with E-state index in [1.807, 2.05) is 0 Å². The zero-order valence-corrected chi connectivity index (χ0v) is 6.81. The van der Waals surface area contributed by atoms with Crippen molar-refractivity contribution in [2.24, 2.45) is 0 Å². The fourth-order valence-corrected chi connectivity index (χ4v) is 0. The molecule has 0 amide bonds. The van der Waals surface area contributed by atoms with Crippen LogP contribution in [-0.2, 0) is 38.8 Å². The molecule has 0 atom stereocenters. The van der Waals surface area contributed by atoms with Crippen molar-refractivity contribution in [2.45, 2.75) is 0 Å². The molecule has 0 aliphatic rings. The first kappa shape index (κ1) is 29.6. The van der Waals surface area contributed by atoms with E-state index >= 15 is 0 Å². The first-order chi connectivity index (χ1) is 2.00. The largest absolute Gasteiger partial charge is 0 e. The van der Waals surface area contributed by atoms with Crippen LogP contribution in [0.4, 0.5) is 0 Å². The van der Waals surface area contributed by atoms with Crippen LogP contribution in [0.2, 0.25) is 0 Å². The Morgan fingerprint density at radius 2 is 0.889 bits per heavy atom. The fraction of sp³-hybridized carbons (Fsp3) is 0. The van der Waals surface area contributed by atoms with Crippen LogP contribution in [0.5, 0.6) is 0 Å². The van der Waals surface area contributed by atoms with Gasteiger partial charge in [-0.25, -0.2) is 0 Å². The average molecular weight is 272 g/mol. The molecule has 0 aliphatic carbocycles. The van der Waals surface area contributed by atoms with Gasteiger partial charge >= 0.3 is 46.8 Å². The summed E-state index contributed by atoms with van der Waals surface area (Å²) in [6, 6.07) is 0. The molecule has 0 spiro atoms. The molecule has 0 unspecified atom stereocenters. The molecule has 0 radical (unpaired) electrons. The molecule has 54 valence electrons. The van der Waals surface area contributed by atoms with E-state index in [4.69, 9.17) is 19.2 Å². The molecule has 0 aromatic heterocycles. The second-order valence-corrected chi connectivity index (χ2v) is 1.80. The van der Waals surface area contributed by atoms with Gasteiger partial charge in [-0.15, -0.1) is 0 Å². The first-order valence-electron chi connectivity index (χ1n) is 0.894. The summed E-state index contributed by atoms with van der Waals surface area (Å²) in [5.74, 6) is 0. The Kier molecular flexibility index (Phi) is 44.9. The van der Waals surface area contributed by atoms with Gasteiger partial charge in [0.05, 0.1) is 0 Å². The molecule has 0 aromatic rings. The Morgan fingerprint density at radius 1 is 0.889 bits per heavy atom. The second-order valence-electron chi connectivity index (χ2n) is 0.600. The minimum absolute atomic E-state index is 0. The Morgan fingerprint density at radius 3 is 0.889 bits per heavy atom.